The molecule has 2 bridgehead atoms. The first kappa shape index (κ1) is 26.7. The molecule has 1 spiro atoms. The highest BCUT2D eigenvalue weighted by Gasteiger charge is 2.72. The Kier molecular flexibility index (Phi) is 6.16. The zero-order chi connectivity index (χ0) is 28.4. The van der Waals surface area contributed by atoms with Gasteiger partial charge in [0.05, 0.1) is 18.1 Å². The predicted molar refractivity (Wildman–Crippen MR) is 144 cm³/mol. The van der Waals surface area contributed by atoms with Crippen LogP contribution in [0.4, 0.5) is 4.79 Å². The molecule has 1 N–H and O–H groups in total. The Balaban J connectivity index is 1.37. The SMILES string of the molecule is COc1ccc2c3c1O[C@H]1C(OC(=O)[C@H](OC(=O)OC(C)(C)C)c4ccccc4)=CC[C@@]4(O)[C@H](C2)N(C)CC[C@]314. The van der Waals surface area contributed by atoms with E-state index >= 15 is 0 Å². The maximum atomic E-state index is 13.7. The van der Waals surface area contributed by atoms with Gasteiger partial charge in [-0.1, -0.05) is 36.4 Å². The molecule has 9 heteroatoms. The van der Waals surface area contributed by atoms with Crippen molar-refractivity contribution in [2.75, 3.05) is 20.7 Å². The Labute approximate surface area is 233 Å². The number of rotatable bonds is 5. The van der Waals surface area contributed by atoms with E-state index in [-0.39, 0.29) is 18.2 Å². The summed E-state index contributed by atoms with van der Waals surface area (Å²) in [5, 5.41) is 12.4. The second-order valence-corrected chi connectivity index (χ2v) is 12.1. The number of likely N-dealkylation sites (tertiary alicyclic amines) is 1. The van der Waals surface area contributed by atoms with Crippen LogP contribution in [-0.2, 0) is 30.8 Å². The Morgan fingerprint density at radius 3 is 2.60 bits per heavy atom. The lowest BCUT2D eigenvalue weighted by atomic mass is 9.50. The van der Waals surface area contributed by atoms with Gasteiger partial charge in [-0.05, 0) is 64.9 Å². The summed E-state index contributed by atoms with van der Waals surface area (Å²) in [4.78, 5) is 28.5. The van der Waals surface area contributed by atoms with Crippen LogP contribution in [0, 0.1) is 0 Å². The Hall–Kier alpha value is -3.56. The van der Waals surface area contributed by atoms with Gasteiger partial charge in [0.15, 0.2) is 17.6 Å². The predicted octanol–water partition coefficient (Wildman–Crippen LogP) is 4.21. The zero-order valence-electron chi connectivity index (χ0n) is 23.4. The van der Waals surface area contributed by atoms with E-state index in [1.54, 1.807) is 64.3 Å². The Morgan fingerprint density at radius 1 is 1.15 bits per heavy atom. The van der Waals surface area contributed by atoms with Gasteiger partial charge in [0, 0.05) is 23.6 Å². The van der Waals surface area contributed by atoms with Crippen molar-refractivity contribution in [2.24, 2.45) is 0 Å². The number of hydrogen-bond acceptors (Lipinski definition) is 9. The number of aliphatic hydroxyl groups is 1. The molecule has 1 fully saturated rings. The highest BCUT2D eigenvalue weighted by atomic mass is 16.7. The van der Waals surface area contributed by atoms with Crippen LogP contribution in [0.3, 0.4) is 0 Å². The molecule has 0 saturated carbocycles. The van der Waals surface area contributed by atoms with Crippen LogP contribution in [0.2, 0.25) is 0 Å². The van der Waals surface area contributed by atoms with E-state index in [9.17, 15) is 14.7 Å². The van der Waals surface area contributed by atoms with Crippen LogP contribution < -0.4 is 9.47 Å². The average Bonchev–Trinajstić information content (AvgIpc) is 3.26. The third-order valence-electron chi connectivity index (χ3n) is 8.70. The zero-order valence-corrected chi connectivity index (χ0v) is 23.4. The lowest BCUT2D eigenvalue weighted by molar-refractivity contribution is -0.173. The van der Waals surface area contributed by atoms with Crippen molar-refractivity contribution in [1.29, 1.82) is 0 Å². The van der Waals surface area contributed by atoms with E-state index in [1.807, 2.05) is 19.2 Å². The lowest BCUT2D eigenvalue weighted by Crippen LogP contribution is -2.74. The Bertz CT molecular complexity index is 1380. The minimum absolute atomic E-state index is 0.125. The van der Waals surface area contributed by atoms with Gasteiger partial charge in [-0.3, -0.25) is 0 Å². The van der Waals surface area contributed by atoms with Gasteiger partial charge >= 0.3 is 12.1 Å². The van der Waals surface area contributed by atoms with Gasteiger partial charge in [-0.15, -0.1) is 0 Å². The fraction of sp³-hybridized carbons (Fsp3) is 0.484. The van der Waals surface area contributed by atoms with Crippen LogP contribution in [0.5, 0.6) is 11.5 Å². The molecular weight excluding hydrogens is 514 g/mol. The smallest absolute Gasteiger partial charge is 0.493 e. The molecule has 9 nitrogen and oxygen atoms in total. The van der Waals surface area contributed by atoms with Crippen molar-refractivity contribution < 1.29 is 38.4 Å². The fourth-order valence-corrected chi connectivity index (χ4v) is 7.01. The third kappa shape index (κ3) is 3.89. The number of nitrogens with zero attached hydrogens (tertiary/aromatic N) is 1. The van der Waals surface area contributed by atoms with Crippen LogP contribution in [-0.4, -0.2) is 66.2 Å². The first-order valence-corrected chi connectivity index (χ1v) is 13.6. The van der Waals surface area contributed by atoms with Crippen molar-refractivity contribution in [3.8, 4) is 11.5 Å². The van der Waals surface area contributed by atoms with Crippen molar-refractivity contribution >= 4 is 12.1 Å². The maximum absolute atomic E-state index is 13.7. The second-order valence-electron chi connectivity index (χ2n) is 12.1. The molecule has 2 aliphatic carbocycles. The summed E-state index contributed by atoms with van der Waals surface area (Å²) in [7, 11) is 3.62. The molecule has 5 atom stereocenters. The maximum Gasteiger partial charge on any atom is 0.510 e. The van der Waals surface area contributed by atoms with E-state index in [1.165, 1.54) is 0 Å². The molecule has 2 aliphatic heterocycles. The molecule has 0 aromatic heterocycles. The van der Waals surface area contributed by atoms with Gasteiger partial charge in [0.2, 0.25) is 6.10 Å². The minimum atomic E-state index is -1.36. The van der Waals surface area contributed by atoms with Crippen LogP contribution >= 0.6 is 0 Å². The number of piperidine rings is 1. The average molecular weight is 550 g/mol. The van der Waals surface area contributed by atoms with Crippen LogP contribution in [0.25, 0.3) is 0 Å². The first-order valence-electron chi connectivity index (χ1n) is 13.6. The van der Waals surface area contributed by atoms with E-state index in [4.69, 9.17) is 23.7 Å². The summed E-state index contributed by atoms with van der Waals surface area (Å²) < 4.78 is 29.1. The molecule has 0 unspecified atom stereocenters. The molecule has 6 rings (SSSR count). The number of hydrogen-bond donors (Lipinski definition) is 1. The summed E-state index contributed by atoms with van der Waals surface area (Å²) >= 11 is 0. The van der Waals surface area contributed by atoms with Crippen LogP contribution in [0.15, 0.2) is 54.3 Å². The number of methoxy groups -OCH3 is 1. The molecule has 0 amide bonds. The number of likely N-dealkylation sites (N-methyl/N-ethyl adjacent to an activating group) is 1. The summed E-state index contributed by atoms with van der Waals surface area (Å²) in [6.07, 6.45) is 0.221. The van der Waals surface area contributed by atoms with E-state index in [2.05, 4.69) is 4.90 Å². The summed E-state index contributed by atoms with van der Waals surface area (Å²) in [5.41, 5.74) is -0.264. The fourth-order valence-electron chi connectivity index (χ4n) is 7.01. The molecule has 2 aromatic rings. The molecule has 1 saturated heterocycles. The van der Waals surface area contributed by atoms with Crippen LogP contribution in [0.1, 0.15) is 56.4 Å². The van der Waals surface area contributed by atoms with Gasteiger partial charge in [-0.25, -0.2) is 9.59 Å². The summed E-state index contributed by atoms with van der Waals surface area (Å²) in [5.74, 6) is 0.665. The summed E-state index contributed by atoms with van der Waals surface area (Å²) in [6.45, 7) is 5.90. The molecule has 4 aliphatic rings. The molecular formula is C31H35NO8. The van der Waals surface area contributed by atoms with Crippen molar-refractivity contribution in [2.45, 2.75) is 74.9 Å². The largest absolute Gasteiger partial charge is 0.510 e. The van der Waals surface area contributed by atoms with Gasteiger partial charge in [0.25, 0.3) is 0 Å². The Morgan fingerprint density at radius 2 is 1.90 bits per heavy atom. The number of carbonyl (C=O) groups excluding carboxylic acids is 2. The standard InChI is InChI=1S/C31H35NO8/c1-29(2,3)40-28(34)39-24(18-9-7-6-8-10-18)27(33)37-21-13-14-31(35)22-17-19-11-12-20(36-5)25-23(19)30(31,26(21)38-25)15-16-32(22)4/h6-13,22,24,26,35H,14-17H2,1-5H3/t22-,24+,26-,30-,31+/m0/s1. The lowest BCUT2D eigenvalue weighted by Gasteiger charge is -2.61. The number of carbonyl (C=O) groups is 2. The van der Waals surface area contributed by atoms with Crippen molar-refractivity contribution in [3.63, 3.8) is 0 Å². The monoisotopic (exact) mass is 549 g/mol. The summed E-state index contributed by atoms with van der Waals surface area (Å²) in [6, 6.07) is 12.5. The minimum Gasteiger partial charge on any atom is -0.493 e. The second kappa shape index (κ2) is 9.24. The highest BCUT2D eigenvalue weighted by Crippen LogP contribution is 2.65. The molecule has 0 radical (unpaired) electrons. The normalized spacial score (nSPS) is 28.9. The van der Waals surface area contributed by atoms with Gasteiger partial charge in [-0.2, -0.15) is 0 Å². The van der Waals surface area contributed by atoms with Crippen molar-refractivity contribution in [3.05, 3.63) is 71.0 Å². The first-order chi connectivity index (χ1) is 19.0. The molecule has 212 valence electrons. The number of benzene rings is 2. The quantitative estimate of drug-likeness (QED) is 0.550. The van der Waals surface area contributed by atoms with Gasteiger partial charge < -0.3 is 33.7 Å². The van der Waals surface area contributed by atoms with E-state index in [0.29, 0.717) is 29.9 Å². The number of ether oxygens (including phenoxy) is 5. The van der Waals surface area contributed by atoms with Gasteiger partial charge in [0.1, 0.15) is 11.4 Å². The van der Waals surface area contributed by atoms with E-state index < -0.39 is 40.9 Å². The topological polar surface area (TPSA) is 104 Å². The third-order valence-corrected chi connectivity index (χ3v) is 8.70. The molecule has 40 heavy (non-hydrogen) atoms. The molecule has 2 heterocycles. The molecule has 2 aromatic carbocycles. The highest BCUT2D eigenvalue weighted by molar-refractivity contribution is 5.80. The number of esters is 1. The van der Waals surface area contributed by atoms with Crippen molar-refractivity contribution in [1.82, 2.24) is 4.90 Å². The van der Waals surface area contributed by atoms with E-state index in [0.717, 1.165) is 17.7 Å².